The first-order chi connectivity index (χ1) is 11.0. The number of imide groups is 1. The molecule has 0 aromatic heterocycles. The van der Waals surface area contributed by atoms with E-state index in [9.17, 15) is 9.59 Å². The zero-order chi connectivity index (χ0) is 16.8. The summed E-state index contributed by atoms with van der Waals surface area (Å²) in [6.45, 7) is 1.74. The minimum Gasteiger partial charge on any atom is -0.399 e. The summed E-state index contributed by atoms with van der Waals surface area (Å²) in [6, 6.07) is 13.5. The third kappa shape index (κ3) is 4.72. The van der Waals surface area contributed by atoms with Gasteiger partial charge in [-0.15, -0.1) is 0 Å². The highest BCUT2D eigenvalue weighted by Gasteiger charge is 2.19. The molecule has 2 rings (SSSR count). The predicted molar refractivity (Wildman–Crippen MR) is 92.6 cm³/mol. The van der Waals surface area contributed by atoms with Crippen molar-refractivity contribution in [3.05, 3.63) is 59.1 Å². The number of halogens is 1. The van der Waals surface area contributed by atoms with E-state index in [2.05, 4.69) is 5.32 Å². The van der Waals surface area contributed by atoms with E-state index >= 15 is 0 Å². The highest BCUT2D eigenvalue weighted by atomic mass is 35.5. The number of nitrogens with zero attached hydrogens (tertiary/aromatic N) is 1. The van der Waals surface area contributed by atoms with E-state index in [1.54, 1.807) is 30.3 Å². The second-order valence-corrected chi connectivity index (χ2v) is 5.49. The summed E-state index contributed by atoms with van der Waals surface area (Å²) in [5, 5.41) is 3.39. The molecule has 0 aliphatic rings. The quantitative estimate of drug-likeness (QED) is 0.844. The molecule has 3 N–H and O–H groups in total. The van der Waals surface area contributed by atoms with E-state index in [-0.39, 0.29) is 5.91 Å². The molecule has 2 aromatic carbocycles. The molecular weight excluding hydrogens is 314 g/mol. The molecule has 23 heavy (non-hydrogen) atoms. The second kappa shape index (κ2) is 7.65. The molecule has 0 fully saturated rings. The lowest BCUT2D eigenvalue weighted by Gasteiger charge is -2.20. The van der Waals surface area contributed by atoms with Crippen LogP contribution in [0.1, 0.15) is 12.5 Å². The average Bonchev–Trinajstić information content (AvgIpc) is 2.49. The van der Waals surface area contributed by atoms with Crippen molar-refractivity contribution in [2.75, 3.05) is 17.2 Å². The summed E-state index contributed by atoms with van der Waals surface area (Å²) in [6.07, 6.45) is 0.625. The highest BCUT2D eigenvalue weighted by Crippen LogP contribution is 2.17. The summed E-state index contributed by atoms with van der Waals surface area (Å²) in [5.41, 5.74) is 7.68. The fourth-order valence-electron chi connectivity index (χ4n) is 2.15. The standard InChI is InChI=1S/C17H18ClN3O2/c1-12(22)21(16-7-5-15(19)6-8-16)17(23)20-10-9-13-3-2-4-14(18)11-13/h2-8,11H,9-10,19H2,1H3,(H,20,23). The van der Waals surface area contributed by atoms with Gasteiger partial charge in [0.1, 0.15) is 0 Å². The molecule has 0 heterocycles. The molecule has 0 saturated heterocycles. The Hall–Kier alpha value is -2.53. The first-order valence-electron chi connectivity index (χ1n) is 7.16. The van der Waals surface area contributed by atoms with Crippen LogP contribution < -0.4 is 16.0 Å². The number of hydrogen-bond acceptors (Lipinski definition) is 3. The van der Waals surface area contributed by atoms with Crippen LogP contribution in [0.4, 0.5) is 16.2 Å². The lowest BCUT2D eigenvalue weighted by atomic mass is 10.1. The van der Waals surface area contributed by atoms with Gasteiger partial charge in [0.05, 0.1) is 5.69 Å². The molecule has 5 nitrogen and oxygen atoms in total. The van der Waals surface area contributed by atoms with E-state index in [1.165, 1.54) is 6.92 Å². The van der Waals surface area contributed by atoms with Crippen LogP contribution in [0.25, 0.3) is 0 Å². The van der Waals surface area contributed by atoms with Gasteiger partial charge in [-0.1, -0.05) is 23.7 Å². The molecule has 0 saturated carbocycles. The van der Waals surface area contributed by atoms with Crippen molar-refractivity contribution in [3.63, 3.8) is 0 Å². The number of carbonyl (C=O) groups excluding carboxylic acids is 2. The van der Waals surface area contributed by atoms with E-state index in [4.69, 9.17) is 17.3 Å². The molecule has 3 amide bonds. The monoisotopic (exact) mass is 331 g/mol. The van der Waals surface area contributed by atoms with Crippen molar-refractivity contribution >= 4 is 34.9 Å². The van der Waals surface area contributed by atoms with Crippen LogP contribution in [0, 0.1) is 0 Å². The molecule has 0 aliphatic carbocycles. The van der Waals surface area contributed by atoms with Gasteiger partial charge in [-0.05, 0) is 48.4 Å². The lowest BCUT2D eigenvalue weighted by molar-refractivity contribution is -0.115. The van der Waals surface area contributed by atoms with Crippen molar-refractivity contribution < 1.29 is 9.59 Å². The fraction of sp³-hybridized carbons (Fsp3) is 0.176. The van der Waals surface area contributed by atoms with E-state index in [0.29, 0.717) is 29.4 Å². The Bertz CT molecular complexity index is 701. The maximum absolute atomic E-state index is 12.3. The number of anilines is 2. The number of nitrogens with one attached hydrogen (secondary N) is 1. The van der Waals surface area contributed by atoms with E-state index in [0.717, 1.165) is 10.5 Å². The van der Waals surface area contributed by atoms with Crippen LogP contribution in [0.5, 0.6) is 0 Å². The Kier molecular flexibility index (Phi) is 5.60. The fourth-order valence-corrected chi connectivity index (χ4v) is 2.36. The van der Waals surface area contributed by atoms with Gasteiger partial charge in [0.2, 0.25) is 5.91 Å². The normalized spacial score (nSPS) is 10.2. The van der Waals surface area contributed by atoms with Gasteiger partial charge in [0, 0.05) is 24.2 Å². The molecule has 0 atom stereocenters. The van der Waals surface area contributed by atoms with Gasteiger partial charge in [-0.25, -0.2) is 9.69 Å². The second-order valence-electron chi connectivity index (χ2n) is 5.06. The largest absolute Gasteiger partial charge is 0.399 e. The van der Waals surface area contributed by atoms with Gasteiger partial charge in [0.25, 0.3) is 0 Å². The van der Waals surface area contributed by atoms with E-state index < -0.39 is 6.03 Å². The maximum Gasteiger partial charge on any atom is 0.328 e. The number of hydrogen-bond donors (Lipinski definition) is 2. The Morgan fingerprint density at radius 2 is 1.87 bits per heavy atom. The molecule has 2 aromatic rings. The third-order valence-electron chi connectivity index (χ3n) is 3.25. The molecule has 0 unspecified atom stereocenters. The van der Waals surface area contributed by atoms with Gasteiger partial charge < -0.3 is 11.1 Å². The Morgan fingerprint density at radius 3 is 2.48 bits per heavy atom. The first-order valence-corrected chi connectivity index (χ1v) is 7.53. The maximum atomic E-state index is 12.3. The smallest absolute Gasteiger partial charge is 0.328 e. The average molecular weight is 332 g/mol. The Labute approximate surface area is 140 Å². The van der Waals surface area contributed by atoms with Gasteiger partial charge >= 0.3 is 6.03 Å². The number of nitrogen functional groups attached to an aromatic ring is 1. The molecule has 0 spiro atoms. The summed E-state index contributed by atoms with van der Waals surface area (Å²) in [4.78, 5) is 25.1. The molecule has 0 radical (unpaired) electrons. The zero-order valence-corrected chi connectivity index (χ0v) is 13.5. The predicted octanol–water partition coefficient (Wildman–Crippen LogP) is 3.23. The molecule has 0 bridgehead atoms. The van der Waals surface area contributed by atoms with Crippen molar-refractivity contribution in [2.24, 2.45) is 0 Å². The van der Waals surface area contributed by atoms with Crippen molar-refractivity contribution in [2.45, 2.75) is 13.3 Å². The number of amides is 3. The number of benzene rings is 2. The van der Waals surface area contributed by atoms with Crippen LogP contribution in [0.2, 0.25) is 5.02 Å². The number of nitrogens with two attached hydrogens (primary N) is 1. The van der Waals surface area contributed by atoms with Crippen molar-refractivity contribution in [3.8, 4) is 0 Å². The molecule has 0 aliphatic heterocycles. The Balaban J connectivity index is 1.99. The molecular formula is C17H18ClN3O2. The minimum atomic E-state index is -0.468. The Morgan fingerprint density at radius 1 is 1.17 bits per heavy atom. The van der Waals surface area contributed by atoms with Crippen molar-refractivity contribution in [1.29, 1.82) is 0 Å². The number of urea groups is 1. The summed E-state index contributed by atoms with van der Waals surface area (Å²) in [5.74, 6) is -0.366. The third-order valence-corrected chi connectivity index (χ3v) is 3.48. The summed E-state index contributed by atoms with van der Waals surface area (Å²) < 4.78 is 0. The molecule has 6 heteroatoms. The summed E-state index contributed by atoms with van der Waals surface area (Å²) >= 11 is 5.92. The van der Waals surface area contributed by atoms with Crippen LogP contribution >= 0.6 is 11.6 Å². The van der Waals surface area contributed by atoms with Crippen molar-refractivity contribution in [1.82, 2.24) is 5.32 Å². The highest BCUT2D eigenvalue weighted by molar-refractivity contribution is 6.30. The van der Waals surface area contributed by atoms with E-state index in [1.807, 2.05) is 18.2 Å². The van der Waals surface area contributed by atoms with Crippen LogP contribution in [-0.2, 0) is 11.2 Å². The topological polar surface area (TPSA) is 75.4 Å². The SMILES string of the molecule is CC(=O)N(C(=O)NCCc1cccc(Cl)c1)c1ccc(N)cc1. The summed E-state index contributed by atoms with van der Waals surface area (Å²) in [7, 11) is 0. The van der Waals surface area contributed by atoms with Crippen LogP contribution in [0.3, 0.4) is 0 Å². The van der Waals surface area contributed by atoms with Gasteiger partial charge in [0.15, 0.2) is 0 Å². The number of rotatable bonds is 4. The minimum absolute atomic E-state index is 0.366. The molecule has 120 valence electrons. The lowest BCUT2D eigenvalue weighted by Crippen LogP contribution is -2.43. The van der Waals surface area contributed by atoms with Gasteiger partial charge in [-0.3, -0.25) is 4.79 Å². The first kappa shape index (κ1) is 16.8. The number of carbonyl (C=O) groups is 2. The van der Waals surface area contributed by atoms with Crippen LogP contribution in [0.15, 0.2) is 48.5 Å². The van der Waals surface area contributed by atoms with Crippen LogP contribution in [-0.4, -0.2) is 18.5 Å². The van der Waals surface area contributed by atoms with Gasteiger partial charge in [-0.2, -0.15) is 0 Å². The zero-order valence-electron chi connectivity index (χ0n) is 12.8.